The van der Waals surface area contributed by atoms with Crippen molar-refractivity contribution in [2.45, 2.75) is 12.2 Å². The van der Waals surface area contributed by atoms with Gasteiger partial charge in [-0.25, -0.2) is 12.7 Å². The zero-order chi connectivity index (χ0) is 14.8. The molecule has 1 unspecified atom stereocenters. The molecule has 1 saturated heterocycles. The van der Waals surface area contributed by atoms with Crippen molar-refractivity contribution < 1.29 is 8.42 Å². The summed E-state index contributed by atoms with van der Waals surface area (Å²) in [5, 5.41) is 3.88. The Balaban J connectivity index is 0.00000220. The number of halogens is 3. The summed E-state index contributed by atoms with van der Waals surface area (Å²) in [5.74, 6) is 0.231. The second-order valence-corrected chi connectivity index (χ2v) is 7.81. The molecular weight excluding hydrogens is 355 g/mol. The van der Waals surface area contributed by atoms with Gasteiger partial charge >= 0.3 is 0 Å². The fourth-order valence-corrected chi connectivity index (χ4v) is 4.82. The summed E-state index contributed by atoms with van der Waals surface area (Å²) in [6, 6.07) is 5.03. The molecule has 0 spiro atoms. The molecule has 0 bridgehead atoms. The van der Waals surface area contributed by atoms with Crippen LogP contribution in [-0.4, -0.2) is 39.4 Å². The molecule has 120 valence electrons. The minimum Gasteiger partial charge on any atom is -0.319 e. The smallest absolute Gasteiger partial charge is 0.218 e. The molecule has 1 aliphatic rings. The van der Waals surface area contributed by atoms with Crippen molar-refractivity contribution in [3.05, 3.63) is 33.8 Å². The monoisotopic (exact) mass is 372 g/mol. The molecule has 1 aliphatic heterocycles. The Morgan fingerprint density at radius 3 is 2.52 bits per heavy atom. The van der Waals surface area contributed by atoms with Crippen LogP contribution in [0.15, 0.2) is 18.2 Å². The van der Waals surface area contributed by atoms with Crippen LogP contribution in [0, 0.1) is 5.92 Å². The van der Waals surface area contributed by atoms with E-state index in [4.69, 9.17) is 23.2 Å². The first-order valence-electron chi connectivity index (χ1n) is 6.49. The van der Waals surface area contributed by atoms with Crippen molar-refractivity contribution in [2.75, 3.05) is 26.7 Å². The predicted octanol–water partition coefficient (Wildman–Crippen LogP) is 2.79. The number of hydrogen-bond acceptors (Lipinski definition) is 3. The zero-order valence-corrected chi connectivity index (χ0v) is 14.8. The van der Waals surface area contributed by atoms with E-state index in [9.17, 15) is 8.42 Å². The molecule has 4 nitrogen and oxygen atoms in total. The molecule has 1 aromatic rings. The molecular formula is C13H19Cl3N2O2S. The van der Waals surface area contributed by atoms with E-state index >= 15 is 0 Å². The Kier molecular flexibility index (Phi) is 7.24. The lowest BCUT2D eigenvalue weighted by atomic mass is 10.1. The lowest BCUT2D eigenvalue weighted by molar-refractivity contribution is 0.450. The number of sulfonamides is 1. The van der Waals surface area contributed by atoms with Crippen LogP contribution in [0.2, 0.25) is 10.0 Å². The van der Waals surface area contributed by atoms with Gasteiger partial charge in [0.25, 0.3) is 0 Å². The predicted molar refractivity (Wildman–Crippen MR) is 89.9 cm³/mol. The second-order valence-electron chi connectivity index (χ2n) is 5.03. The molecule has 0 saturated carbocycles. The Bertz CT molecular complexity index is 561. The maximum atomic E-state index is 12.4. The first-order valence-corrected chi connectivity index (χ1v) is 8.86. The topological polar surface area (TPSA) is 49.4 Å². The van der Waals surface area contributed by atoms with Crippen LogP contribution in [0.4, 0.5) is 0 Å². The summed E-state index contributed by atoms with van der Waals surface area (Å²) in [5.41, 5.74) is 0.480. The van der Waals surface area contributed by atoms with E-state index in [-0.39, 0.29) is 18.2 Å². The number of rotatable bonds is 5. The van der Waals surface area contributed by atoms with Gasteiger partial charge < -0.3 is 5.32 Å². The van der Waals surface area contributed by atoms with Crippen LogP contribution in [0.3, 0.4) is 0 Å². The molecule has 21 heavy (non-hydrogen) atoms. The minimum atomic E-state index is -3.37. The third-order valence-electron chi connectivity index (χ3n) is 3.52. The Hall–Kier alpha value is -0.0400. The van der Waals surface area contributed by atoms with E-state index in [0.29, 0.717) is 34.6 Å². The second kappa shape index (κ2) is 7.99. The summed E-state index contributed by atoms with van der Waals surface area (Å²) >= 11 is 12.1. The zero-order valence-electron chi connectivity index (χ0n) is 11.7. The van der Waals surface area contributed by atoms with Crippen LogP contribution in [0.25, 0.3) is 0 Å². The van der Waals surface area contributed by atoms with Crippen LogP contribution in [0.1, 0.15) is 12.0 Å². The number of nitrogens with zero attached hydrogens (tertiary/aromatic N) is 1. The van der Waals surface area contributed by atoms with E-state index in [0.717, 1.165) is 13.0 Å². The van der Waals surface area contributed by atoms with E-state index in [2.05, 4.69) is 5.32 Å². The first-order chi connectivity index (χ1) is 9.44. The Morgan fingerprint density at radius 2 is 1.95 bits per heavy atom. The fraction of sp³-hybridized carbons (Fsp3) is 0.538. The molecule has 0 aromatic heterocycles. The average Bonchev–Trinajstić information content (AvgIpc) is 2.84. The van der Waals surface area contributed by atoms with Crippen molar-refractivity contribution in [1.82, 2.24) is 9.62 Å². The maximum Gasteiger partial charge on any atom is 0.218 e. The third kappa shape index (κ3) is 4.71. The first kappa shape index (κ1) is 19.0. The van der Waals surface area contributed by atoms with Gasteiger partial charge in [0.15, 0.2) is 0 Å². The van der Waals surface area contributed by atoms with Crippen molar-refractivity contribution in [3.8, 4) is 0 Å². The summed E-state index contributed by atoms with van der Waals surface area (Å²) in [7, 11) is -1.50. The van der Waals surface area contributed by atoms with E-state index in [1.165, 1.54) is 4.31 Å². The molecule has 1 N–H and O–H groups in total. The van der Waals surface area contributed by atoms with Crippen LogP contribution < -0.4 is 5.32 Å². The van der Waals surface area contributed by atoms with Crippen molar-refractivity contribution >= 4 is 45.6 Å². The van der Waals surface area contributed by atoms with E-state index in [1.54, 1.807) is 18.2 Å². The molecule has 1 fully saturated rings. The van der Waals surface area contributed by atoms with Gasteiger partial charge in [-0.2, -0.15) is 0 Å². The van der Waals surface area contributed by atoms with Gasteiger partial charge in [0.2, 0.25) is 10.0 Å². The van der Waals surface area contributed by atoms with Crippen molar-refractivity contribution in [2.24, 2.45) is 5.92 Å². The molecule has 1 atom stereocenters. The highest BCUT2D eigenvalue weighted by atomic mass is 35.5. The van der Waals surface area contributed by atoms with Gasteiger partial charge in [-0.1, -0.05) is 29.3 Å². The van der Waals surface area contributed by atoms with Crippen LogP contribution in [-0.2, 0) is 15.8 Å². The van der Waals surface area contributed by atoms with E-state index in [1.807, 2.05) is 7.05 Å². The average molecular weight is 374 g/mol. The number of nitrogens with one attached hydrogen (secondary N) is 1. The molecule has 0 aliphatic carbocycles. The highest BCUT2D eigenvalue weighted by molar-refractivity contribution is 7.88. The summed E-state index contributed by atoms with van der Waals surface area (Å²) in [6.07, 6.45) is 0.885. The molecule has 0 radical (unpaired) electrons. The minimum absolute atomic E-state index is 0. The van der Waals surface area contributed by atoms with Gasteiger partial charge in [-0.05, 0) is 38.1 Å². The Labute approximate surface area is 142 Å². The van der Waals surface area contributed by atoms with Gasteiger partial charge in [-0.3, -0.25) is 0 Å². The Morgan fingerprint density at radius 1 is 1.33 bits per heavy atom. The fourth-order valence-electron chi connectivity index (χ4n) is 2.45. The van der Waals surface area contributed by atoms with Crippen LogP contribution in [0.5, 0.6) is 0 Å². The molecule has 0 amide bonds. The van der Waals surface area contributed by atoms with Gasteiger partial charge in [-0.15, -0.1) is 12.4 Å². The number of hydrogen-bond donors (Lipinski definition) is 1. The van der Waals surface area contributed by atoms with Crippen LogP contribution >= 0.6 is 35.6 Å². The summed E-state index contributed by atoms with van der Waals surface area (Å²) in [6.45, 7) is 1.96. The summed E-state index contributed by atoms with van der Waals surface area (Å²) < 4.78 is 26.4. The SMILES string of the molecule is CNCC1CCN(S(=O)(=O)Cc2c(Cl)cccc2Cl)C1.Cl. The van der Waals surface area contributed by atoms with E-state index < -0.39 is 10.0 Å². The quantitative estimate of drug-likeness (QED) is 0.863. The highest BCUT2D eigenvalue weighted by Crippen LogP contribution is 2.29. The molecule has 1 aromatic carbocycles. The highest BCUT2D eigenvalue weighted by Gasteiger charge is 2.31. The lowest BCUT2D eigenvalue weighted by Crippen LogP contribution is -2.31. The normalized spacial score (nSPS) is 19.5. The third-order valence-corrected chi connectivity index (χ3v) is 6.00. The maximum absolute atomic E-state index is 12.4. The number of benzene rings is 1. The van der Waals surface area contributed by atoms with Gasteiger partial charge in [0.05, 0.1) is 5.75 Å². The van der Waals surface area contributed by atoms with Gasteiger partial charge in [0, 0.05) is 28.7 Å². The largest absolute Gasteiger partial charge is 0.319 e. The lowest BCUT2D eigenvalue weighted by Gasteiger charge is -2.17. The summed E-state index contributed by atoms with van der Waals surface area (Å²) in [4.78, 5) is 0. The van der Waals surface area contributed by atoms with Crippen molar-refractivity contribution in [3.63, 3.8) is 0 Å². The van der Waals surface area contributed by atoms with Crippen molar-refractivity contribution in [1.29, 1.82) is 0 Å². The molecule has 2 rings (SSSR count). The molecule has 8 heteroatoms. The molecule has 1 heterocycles. The van der Waals surface area contributed by atoms with Gasteiger partial charge in [0.1, 0.15) is 0 Å². The standard InChI is InChI=1S/C13H18Cl2N2O2S.ClH/c1-16-7-10-5-6-17(8-10)20(18,19)9-11-12(14)3-2-4-13(11)15;/h2-4,10,16H,5-9H2,1H3;1H.